The molecule has 0 aliphatic rings. The quantitative estimate of drug-likeness (QED) is 0.723. The van der Waals surface area contributed by atoms with E-state index in [9.17, 15) is 0 Å². The van der Waals surface area contributed by atoms with Crippen molar-refractivity contribution in [3.63, 3.8) is 0 Å². The second kappa shape index (κ2) is 4.13. The molecule has 1 aromatic rings. The number of benzene rings is 1. The summed E-state index contributed by atoms with van der Waals surface area (Å²) in [5.41, 5.74) is 4.95. The van der Waals surface area contributed by atoms with Crippen molar-refractivity contribution in [1.82, 2.24) is 0 Å². The fourth-order valence-corrected chi connectivity index (χ4v) is 1.35. The van der Waals surface area contributed by atoms with Crippen molar-refractivity contribution in [2.45, 2.75) is 27.7 Å². The molecule has 0 atom stereocenters. The number of hydrogen-bond acceptors (Lipinski definition) is 1. The Hall–Kier alpha value is -1.24. The summed E-state index contributed by atoms with van der Waals surface area (Å²) in [4.78, 5) is 0. The molecule has 1 N–H and O–H groups in total. The average molecular weight is 175 g/mol. The van der Waals surface area contributed by atoms with Gasteiger partial charge in [0.05, 0.1) is 0 Å². The van der Waals surface area contributed by atoms with Crippen LogP contribution in [0.4, 0.5) is 5.69 Å². The maximum Gasteiger partial charge on any atom is 0.0386 e. The summed E-state index contributed by atoms with van der Waals surface area (Å²) in [6, 6.07) is 6.48. The van der Waals surface area contributed by atoms with E-state index in [1.165, 1.54) is 22.5 Å². The molecule has 13 heavy (non-hydrogen) atoms. The fourth-order valence-electron chi connectivity index (χ4n) is 1.35. The van der Waals surface area contributed by atoms with Crippen molar-refractivity contribution < 1.29 is 0 Å². The zero-order valence-electron chi connectivity index (χ0n) is 8.81. The third kappa shape index (κ3) is 2.94. The predicted octanol–water partition coefficient (Wildman–Crippen LogP) is 3.64. The minimum atomic E-state index is 1.17. The summed E-state index contributed by atoms with van der Waals surface area (Å²) in [6.07, 6.45) is 2.07. The zero-order valence-corrected chi connectivity index (χ0v) is 8.81. The van der Waals surface area contributed by atoms with Gasteiger partial charge in [0.2, 0.25) is 0 Å². The second-order valence-electron chi connectivity index (χ2n) is 3.47. The molecule has 0 bridgehead atoms. The van der Waals surface area contributed by atoms with E-state index in [4.69, 9.17) is 0 Å². The smallest absolute Gasteiger partial charge is 0.0386 e. The number of anilines is 1. The van der Waals surface area contributed by atoms with Gasteiger partial charge in [0.15, 0.2) is 0 Å². The lowest BCUT2D eigenvalue weighted by Crippen LogP contribution is -1.95. The molecule has 1 rings (SSSR count). The van der Waals surface area contributed by atoms with Gasteiger partial charge in [-0.15, -0.1) is 0 Å². The highest BCUT2D eigenvalue weighted by Gasteiger charge is 1.94. The zero-order chi connectivity index (χ0) is 9.84. The average Bonchev–Trinajstić information content (AvgIpc) is 2.02. The second-order valence-corrected chi connectivity index (χ2v) is 3.47. The van der Waals surface area contributed by atoms with Crippen molar-refractivity contribution in [1.29, 1.82) is 0 Å². The third-order valence-corrected chi connectivity index (χ3v) is 2.00. The van der Waals surface area contributed by atoms with Gasteiger partial charge in [-0.25, -0.2) is 0 Å². The van der Waals surface area contributed by atoms with Gasteiger partial charge in [0.25, 0.3) is 0 Å². The van der Waals surface area contributed by atoms with Crippen LogP contribution in [0.3, 0.4) is 0 Å². The number of rotatable bonds is 2. The van der Waals surface area contributed by atoms with Gasteiger partial charge in [-0.1, -0.05) is 12.1 Å². The van der Waals surface area contributed by atoms with E-state index >= 15 is 0 Å². The van der Waals surface area contributed by atoms with Crippen LogP contribution in [-0.4, -0.2) is 0 Å². The van der Waals surface area contributed by atoms with E-state index in [1.54, 1.807) is 0 Å². The van der Waals surface area contributed by atoms with E-state index in [-0.39, 0.29) is 0 Å². The van der Waals surface area contributed by atoms with Gasteiger partial charge in [0, 0.05) is 11.4 Å². The van der Waals surface area contributed by atoms with Crippen molar-refractivity contribution in [2.24, 2.45) is 0 Å². The first-order chi connectivity index (χ1) is 6.11. The van der Waals surface area contributed by atoms with Crippen LogP contribution in [0.15, 0.2) is 30.0 Å². The van der Waals surface area contributed by atoms with Crippen LogP contribution < -0.4 is 5.32 Å². The topological polar surface area (TPSA) is 12.0 Å². The highest BCUT2D eigenvalue weighted by Crippen LogP contribution is 2.15. The molecular formula is C12H17N. The van der Waals surface area contributed by atoms with E-state index < -0.39 is 0 Å². The Kier molecular flexibility index (Phi) is 3.13. The van der Waals surface area contributed by atoms with Crippen LogP contribution in [0, 0.1) is 13.8 Å². The Balaban J connectivity index is 2.89. The molecule has 0 aliphatic heterocycles. The molecular weight excluding hydrogens is 158 g/mol. The monoisotopic (exact) mass is 175 g/mol. The van der Waals surface area contributed by atoms with Crippen molar-refractivity contribution in [3.8, 4) is 0 Å². The highest BCUT2D eigenvalue weighted by atomic mass is 14.9. The molecule has 0 saturated heterocycles. The lowest BCUT2D eigenvalue weighted by atomic mass is 10.1. The lowest BCUT2D eigenvalue weighted by molar-refractivity contribution is 1.31. The molecule has 0 aromatic heterocycles. The van der Waals surface area contributed by atoms with Gasteiger partial charge in [-0.2, -0.15) is 0 Å². The normalized spacial score (nSPS) is 11.5. The summed E-state index contributed by atoms with van der Waals surface area (Å²) in [5, 5.41) is 3.33. The molecule has 0 unspecified atom stereocenters. The highest BCUT2D eigenvalue weighted by molar-refractivity contribution is 5.51. The molecule has 0 aliphatic carbocycles. The molecule has 0 saturated carbocycles. The molecule has 0 radical (unpaired) electrons. The van der Waals surface area contributed by atoms with Gasteiger partial charge < -0.3 is 5.32 Å². The van der Waals surface area contributed by atoms with Gasteiger partial charge >= 0.3 is 0 Å². The Morgan fingerprint density at radius 2 is 1.69 bits per heavy atom. The standard InChI is InChI=1S/C12H17N/c1-5-11(4)13-12-7-9(2)6-10(3)8-12/h5-8,13H,1-4H3/b11-5+. The SMILES string of the molecule is C/C=C(\C)Nc1cc(C)cc(C)c1. The maximum absolute atomic E-state index is 3.33. The van der Waals surface area contributed by atoms with Gasteiger partial charge in [-0.05, 0) is 51.0 Å². The summed E-state index contributed by atoms with van der Waals surface area (Å²) in [5.74, 6) is 0. The van der Waals surface area contributed by atoms with Gasteiger partial charge in [0.1, 0.15) is 0 Å². The largest absolute Gasteiger partial charge is 0.359 e. The fraction of sp³-hybridized carbons (Fsp3) is 0.333. The Bertz CT molecular complexity index is 304. The summed E-state index contributed by atoms with van der Waals surface area (Å²) in [7, 11) is 0. The summed E-state index contributed by atoms with van der Waals surface area (Å²) < 4.78 is 0. The van der Waals surface area contributed by atoms with Crippen molar-refractivity contribution in [2.75, 3.05) is 5.32 Å². The Morgan fingerprint density at radius 1 is 1.15 bits per heavy atom. The molecule has 0 heterocycles. The number of hydrogen-bond donors (Lipinski definition) is 1. The third-order valence-electron chi connectivity index (χ3n) is 2.00. The first-order valence-corrected chi connectivity index (χ1v) is 4.60. The molecule has 1 heteroatoms. The maximum atomic E-state index is 3.33. The first kappa shape index (κ1) is 9.85. The van der Waals surface area contributed by atoms with Crippen LogP contribution in [0.2, 0.25) is 0 Å². The molecule has 0 amide bonds. The van der Waals surface area contributed by atoms with Crippen molar-refractivity contribution in [3.05, 3.63) is 41.1 Å². The number of aryl methyl sites for hydroxylation is 2. The van der Waals surface area contributed by atoms with E-state index in [0.29, 0.717) is 0 Å². The minimum Gasteiger partial charge on any atom is -0.359 e. The molecule has 1 aromatic carbocycles. The van der Waals surface area contributed by atoms with Crippen LogP contribution in [-0.2, 0) is 0 Å². The molecule has 0 fully saturated rings. The van der Waals surface area contributed by atoms with Crippen LogP contribution >= 0.6 is 0 Å². The Labute approximate surface area is 80.5 Å². The number of allylic oxidation sites excluding steroid dienone is 2. The van der Waals surface area contributed by atoms with Gasteiger partial charge in [-0.3, -0.25) is 0 Å². The molecule has 1 nitrogen and oxygen atoms in total. The van der Waals surface area contributed by atoms with E-state index in [2.05, 4.69) is 50.4 Å². The Morgan fingerprint density at radius 3 is 2.15 bits per heavy atom. The molecule has 70 valence electrons. The lowest BCUT2D eigenvalue weighted by Gasteiger charge is -2.08. The minimum absolute atomic E-state index is 1.17. The van der Waals surface area contributed by atoms with E-state index in [1.807, 2.05) is 6.92 Å². The van der Waals surface area contributed by atoms with E-state index in [0.717, 1.165) is 0 Å². The van der Waals surface area contributed by atoms with Crippen LogP contribution in [0.25, 0.3) is 0 Å². The predicted molar refractivity (Wildman–Crippen MR) is 59.0 cm³/mol. The van der Waals surface area contributed by atoms with Crippen LogP contribution in [0.5, 0.6) is 0 Å². The summed E-state index contributed by atoms with van der Waals surface area (Å²) >= 11 is 0. The van der Waals surface area contributed by atoms with Crippen LogP contribution in [0.1, 0.15) is 25.0 Å². The van der Waals surface area contributed by atoms with Crippen molar-refractivity contribution >= 4 is 5.69 Å². The molecule has 0 spiro atoms. The number of nitrogens with one attached hydrogen (secondary N) is 1. The first-order valence-electron chi connectivity index (χ1n) is 4.60. The summed E-state index contributed by atoms with van der Waals surface area (Å²) in [6.45, 7) is 8.33.